The van der Waals surface area contributed by atoms with E-state index < -0.39 is 10.8 Å². The van der Waals surface area contributed by atoms with E-state index >= 15 is 0 Å². The Bertz CT molecular complexity index is 323. The van der Waals surface area contributed by atoms with Crippen LogP contribution in [0.4, 0.5) is 0 Å². The average Bonchev–Trinajstić information content (AvgIpc) is 2.75. The summed E-state index contributed by atoms with van der Waals surface area (Å²) in [4.78, 5) is 0. The van der Waals surface area contributed by atoms with Gasteiger partial charge in [0.25, 0.3) is 0 Å². The molecule has 0 amide bonds. The minimum absolute atomic E-state index is 0.386. The van der Waals surface area contributed by atoms with Gasteiger partial charge in [0.15, 0.2) is 0 Å². The molecule has 0 aliphatic heterocycles. The summed E-state index contributed by atoms with van der Waals surface area (Å²) in [5.41, 5.74) is 0. The molecule has 0 aliphatic rings. The Kier molecular flexibility index (Phi) is 23.9. The van der Waals surface area contributed by atoms with Gasteiger partial charge in [-0.15, -0.1) is 0 Å². The van der Waals surface area contributed by atoms with Crippen molar-refractivity contribution in [3.63, 3.8) is 0 Å². The molecule has 0 aromatic carbocycles. The molecular formula is C28H58OS. The highest BCUT2D eigenvalue weighted by atomic mass is 32.2. The van der Waals surface area contributed by atoms with Crippen molar-refractivity contribution < 1.29 is 4.21 Å². The zero-order valence-corrected chi connectivity index (χ0v) is 22.3. The van der Waals surface area contributed by atoms with Gasteiger partial charge in [-0.3, -0.25) is 4.21 Å². The zero-order valence-electron chi connectivity index (χ0n) is 21.5. The molecule has 0 aromatic rings. The average molecular weight is 443 g/mol. The molecule has 182 valence electrons. The van der Waals surface area contributed by atoms with Crippen LogP contribution in [0.2, 0.25) is 0 Å². The van der Waals surface area contributed by atoms with Crippen LogP contribution in [0.15, 0.2) is 0 Å². The third-order valence-electron chi connectivity index (χ3n) is 6.72. The van der Waals surface area contributed by atoms with Crippen LogP contribution in [0.5, 0.6) is 0 Å². The molecule has 2 unspecified atom stereocenters. The van der Waals surface area contributed by atoms with Crippen LogP contribution in [0.3, 0.4) is 0 Å². The normalized spacial score (nSPS) is 14.7. The van der Waals surface area contributed by atoms with E-state index in [0.717, 1.165) is 12.8 Å². The van der Waals surface area contributed by atoms with Gasteiger partial charge in [-0.1, -0.05) is 156 Å². The molecule has 0 fully saturated rings. The monoisotopic (exact) mass is 442 g/mol. The van der Waals surface area contributed by atoms with Crippen molar-refractivity contribution in [2.24, 2.45) is 0 Å². The zero-order chi connectivity index (χ0) is 22.3. The molecule has 0 saturated heterocycles. The molecule has 0 rings (SSSR count). The van der Waals surface area contributed by atoms with E-state index in [1.165, 1.54) is 128 Å². The summed E-state index contributed by atoms with van der Waals surface area (Å²) < 4.78 is 12.7. The van der Waals surface area contributed by atoms with Crippen LogP contribution in [0.25, 0.3) is 0 Å². The smallest absolute Gasteiger partial charge is 0.0322 e. The number of hydrogen-bond donors (Lipinski definition) is 0. The van der Waals surface area contributed by atoms with Gasteiger partial charge in [0.1, 0.15) is 0 Å². The quantitative estimate of drug-likeness (QED) is 0.136. The summed E-state index contributed by atoms with van der Waals surface area (Å²) in [6, 6.07) is 0. The Labute approximate surface area is 194 Å². The van der Waals surface area contributed by atoms with Crippen LogP contribution >= 0.6 is 0 Å². The second-order valence-corrected chi connectivity index (χ2v) is 12.2. The Morgan fingerprint density at radius 1 is 0.433 bits per heavy atom. The van der Waals surface area contributed by atoms with Crippen LogP contribution in [-0.2, 0) is 10.8 Å². The van der Waals surface area contributed by atoms with Gasteiger partial charge in [0.05, 0.1) is 0 Å². The summed E-state index contributed by atoms with van der Waals surface area (Å²) >= 11 is 0. The van der Waals surface area contributed by atoms with Crippen molar-refractivity contribution in [3.8, 4) is 0 Å². The Morgan fingerprint density at radius 3 is 0.933 bits per heavy atom. The maximum Gasteiger partial charge on any atom is 0.0322 e. The molecule has 0 N–H and O–H groups in total. The summed E-state index contributed by atoms with van der Waals surface area (Å²) in [5, 5.41) is 0.773. The van der Waals surface area contributed by atoms with E-state index in [9.17, 15) is 4.21 Å². The molecule has 0 spiro atoms. The third-order valence-corrected chi connectivity index (χ3v) is 8.78. The van der Waals surface area contributed by atoms with Gasteiger partial charge in [0, 0.05) is 21.3 Å². The van der Waals surface area contributed by atoms with Crippen molar-refractivity contribution in [1.82, 2.24) is 0 Å². The molecule has 2 atom stereocenters. The Morgan fingerprint density at radius 2 is 0.667 bits per heavy atom. The SMILES string of the molecule is CCCCCCCCCCCCC(C)S(=O)C(C)CCCCCCCCCCCC. The van der Waals surface area contributed by atoms with Crippen molar-refractivity contribution in [1.29, 1.82) is 0 Å². The van der Waals surface area contributed by atoms with Gasteiger partial charge in [-0.25, -0.2) is 0 Å². The topological polar surface area (TPSA) is 17.1 Å². The highest BCUT2D eigenvalue weighted by molar-refractivity contribution is 7.86. The van der Waals surface area contributed by atoms with Gasteiger partial charge >= 0.3 is 0 Å². The predicted molar refractivity (Wildman–Crippen MR) is 140 cm³/mol. The first-order chi connectivity index (χ1) is 14.6. The number of rotatable bonds is 24. The maximum atomic E-state index is 12.7. The molecule has 1 nitrogen and oxygen atoms in total. The van der Waals surface area contributed by atoms with Gasteiger partial charge < -0.3 is 0 Å². The van der Waals surface area contributed by atoms with Crippen LogP contribution < -0.4 is 0 Å². The second kappa shape index (κ2) is 23.8. The third kappa shape index (κ3) is 20.1. The molecule has 0 heterocycles. The molecular weight excluding hydrogens is 384 g/mol. The van der Waals surface area contributed by atoms with E-state index in [1.54, 1.807) is 0 Å². The molecule has 0 bridgehead atoms. The maximum absolute atomic E-state index is 12.7. The highest BCUT2D eigenvalue weighted by Crippen LogP contribution is 2.18. The minimum atomic E-state index is -0.637. The fourth-order valence-electron chi connectivity index (χ4n) is 4.47. The van der Waals surface area contributed by atoms with Crippen molar-refractivity contribution in [2.75, 3.05) is 0 Å². The summed E-state index contributed by atoms with van der Waals surface area (Å²) in [6.45, 7) is 9.01. The van der Waals surface area contributed by atoms with E-state index in [2.05, 4.69) is 27.7 Å². The lowest BCUT2D eigenvalue weighted by Gasteiger charge is -2.17. The molecule has 0 radical (unpaired) electrons. The first-order valence-corrected chi connectivity index (χ1v) is 15.3. The fourth-order valence-corrected chi connectivity index (χ4v) is 6.06. The lowest BCUT2D eigenvalue weighted by atomic mass is 10.1. The van der Waals surface area contributed by atoms with Crippen LogP contribution in [0, 0.1) is 0 Å². The molecule has 0 aliphatic carbocycles. The standard InChI is InChI=1S/C28H58OS/c1-5-7-9-11-13-15-17-19-21-23-25-27(3)30(29)28(4)26-24-22-20-18-16-14-12-10-8-6-2/h27-28H,5-26H2,1-4H3. The molecule has 0 aromatic heterocycles. The predicted octanol–water partition coefficient (Wildman–Crippen LogP) is 10.1. The first kappa shape index (κ1) is 30.1. The van der Waals surface area contributed by atoms with Crippen molar-refractivity contribution in [3.05, 3.63) is 0 Å². The first-order valence-electron chi connectivity index (χ1n) is 14.0. The van der Waals surface area contributed by atoms with Crippen LogP contribution in [-0.4, -0.2) is 14.7 Å². The Hall–Kier alpha value is 0.150. The van der Waals surface area contributed by atoms with E-state index in [-0.39, 0.29) is 0 Å². The second-order valence-electron chi connectivity index (χ2n) is 9.89. The largest absolute Gasteiger partial charge is 0.259 e. The van der Waals surface area contributed by atoms with E-state index in [4.69, 9.17) is 0 Å². The highest BCUT2D eigenvalue weighted by Gasteiger charge is 2.17. The van der Waals surface area contributed by atoms with Crippen molar-refractivity contribution in [2.45, 2.75) is 179 Å². The number of hydrogen-bond acceptors (Lipinski definition) is 1. The molecule has 30 heavy (non-hydrogen) atoms. The molecule has 0 saturated carbocycles. The van der Waals surface area contributed by atoms with Crippen molar-refractivity contribution >= 4 is 10.8 Å². The Balaban J connectivity index is 3.49. The summed E-state index contributed by atoms with van der Waals surface area (Å²) in [6.07, 6.45) is 30.0. The minimum Gasteiger partial charge on any atom is -0.259 e. The van der Waals surface area contributed by atoms with E-state index in [1.807, 2.05) is 0 Å². The van der Waals surface area contributed by atoms with Gasteiger partial charge in [-0.2, -0.15) is 0 Å². The van der Waals surface area contributed by atoms with Gasteiger partial charge in [0.2, 0.25) is 0 Å². The lowest BCUT2D eigenvalue weighted by Crippen LogP contribution is -2.21. The van der Waals surface area contributed by atoms with Gasteiger partial charge in [-0.05, 0) is 12.8 Å². The fraction of sp³-hybridized carbons (Fsp3) is 1.00. The summed E-state index contributed by atoms with van der Waals surface area (Å²) in [7, 11) is -0.637. The van der Waals surface area contributed by atoms with Crippen LogP contribution in [0.1, 0.15) is 169 Å². The summed E-state index contributed by atoms with van der Waals surface area (Å²) in [5.74, 6) is 0. The number of unbranched alkanes of at least 4 members (excludes halogenated alkanes) is 18. The molecule has 2 heteroatoms. The lowest BCUT2D eigenvalue weighted by molar-refractivity contribution is 0.542. The van der Waals surface area contributed by atoms with E-state index in [0.29, 0.717) is 10.5 Å².